The minimum absolute atomic E-state index is 0.0236. The van der Waals surface area contributed by atoms with Crippen LogP contribution in [0.1, 0.15) is 35.7 Å². The minimum atomic E-state index is -1.50. The number of rotatable bonds is 5. The number of aromatic nitrogens is 5. The van der Waals surface area contributed by atoms with Crippen molar-refractivity contribution in [2.24, 2.45) is 0 Å². The molecular weight excluding hydrogens is 456 g/mol. The number of imidazole rings is 1. The smallest absolute Gasteiger partial charge is 0.291 e. The number of hydrogen-bond donors (Lipinski definition) is 1. The number of hydrogen-bond acceptors (Lipinski definition) is 5. The Balaban J connectivity index is 0.000000636. The van der Waals surface area contributed by atoms with Crippen molar-refractivity contribution in [2.45, 2.75) is 19.0 Å². The molecule has 0 radical (unpaired) electrons. The van der Waals surface area contributed by atoms with Crippen LogP contribution in [0.5, 0.6) is 0 Å². The molecule has 2 atom stereocenters. The van der Waals surface area contributed by atoms with Gasteiger partial charge in [-0.25, -0.2) is 9.67 Å². The quantitative estimate of drug-likeness (QED) is 0.276. The molecule has 0 bridgehead atoms. The second kappa shape index (κ2) is 10.1. The van der Waals surface area contributed by atoms with E-state index in [2.05, 4.69) is 63.2 Å². The van der Waals surface area contributed by atoms with Gasteiger partial charge in [0.25, 0.3) is 5.09 Å². The predicted molar refractivity (Wildman–Crippen MR) is 127 cm³/mol. The Bertz CT molecular complexity index is 1370. The monoisotopic (exact) mass is 476 g/mol. The Morgan fingerprint density at radius 2 is 1.68 bits per heavy atom. The fraction of sp³-hybridized carbons (Fsp3) is 0.125. The van der Waals surface area contributed by atoms with E-state index in [9.17, 15) is 0 Å². The minimum Gasteiger partial charge on any atom is -0.328 e. The lowest BCUT2D eigenvalue weighted by Gasteiger charge is -2.20. The van der Waals surface area contributed by atoms with E-state index in [1.54, 1.807) is 6.20 Å². The highest BCUT2D eigenvalue weighted by molar-refractivity contribution is 6.30. The molecule has 5 aromatic rings. The van der Waals surface area contributed by atoms with Crippen LogP contribution < -0.4 is 0 Å². The Labute approximate surface area is 200 Å². The van der Waals surface area contributed by atoms with E-state index in [1.807, 2.05) is 53.6 Å². The van der Waals surface area contributed by atoms with Crippen molar-refractivity contribution in [3.8, 4) is 0 Å². The summed E-state index contributed by atoms with van der Waals surface area (Å²) in [6.07, 6.45) is 5.61. The lowest BCUT2D eigenvalue weighted by atomic mass is 9.98. The van der Waals surface area contributed by atoms with Crippen LogP contribution in [0.2, 0.25) is 5.02 Å². The van der Waals surface area contributed by atoms with Gasteiger partial charge in [0.15, 0.2) is 0 Å². The summed E-state index contributed by atoms with van der Waals surface area (Å²) in [7, 11) is 0. The maximum Gasteiger partial charge on any atom is 0.291 e. The van der Waals surface area contributed by atoms with E-state index in [1.165, 1.54) is 5.56 Å². The third kappa shape index (κ3) is 5.05. The van der Waals surface area contributed by atoms with E-state index < -0.39 is 5.09 Å². The van der Waals surface area contributed by atoms with Crippen molar-refractivity contribution in [1.29, 1.82) is 0 Å². The summed E-state index contributed by atoms with van der Waals surface area (Å²) < 4.78 is 4.08. The second-order valence-electron chi connectivity index (χ2n) is 7.57. The van der Waals surface area contributed by atoms with Crippen LogP contribution in [0.25, 0.3) is 11.0 Å². The van der Waals surface area contributed by atoms with Crippen LogP contribution in [0, 0.1) is 10.1 Å². The molecule has 3 aromatic carbocycles. The zero-order valence-corrected chi connectivity index (χ0v) is 18.9. The molecule has 0 spiro atoms. The van der Waals surface area contributed by atoms with Gasteiger partial charge in [0, 0.05) is 17.4 Å². The normalized spacial score (nSPS) is 12.5. The Kier molecular flexibility index (Phi) is 6.84. The van der Waals surface area contributed by atoms with E-state index in [0.717, 1.165) is 27.2 Å². The van der Waals surface area contributed by atoms with Gasteiger partial charge in [-0.2, -0.15) is 0 Å². The molecule has 10 heteroatoms. The van der Waals surface area contributed by atoms with Crippen LogP contribution in [-0.2, 0) is 0 Å². The number of fused-ring (bicyclic) bond motifs is 1. The first-order valence-electron chi connectivity index (χ1n) is 10.4. The SMILES string of the molecule is CC(c1ccccc1)n1nnc2ccc(C(c3ccc(Cl)cc3)n3ccnc3)cc21.O=[N+]([O-])O. The standard InChI is InChI=1S/C24H20ClN5.HNO3/c1-17(18-5-3-2-4-6-18)30-23-15-20(9-12-22(23)27-28-30)24(29-14-13-26-16-29)19-7-10-21(25)11-8-19;2-1(3)4/h2-17,24H,1H3;(H,2,3,4). The first-order valence-corrected chi connectivity index (χ1v) is 10.8. The zero-order valence-electron chi connectivity index (χ0n) is 18.1. The Hall–Kier alpha value is -4.24. The zero-order chi connectivity index (χ0) is 24.1. The molecule has 34 heavy (non-hydrogen) atoms. The highest BCUT2D eigenvalue weighted by Crippen LogP contribution is 2.30. The van der Waals surface area contributed by atoms with Crippen LogP contribution in [0.15, 0.2) is 91.5 Å². The van der Waals surface area contributed by atoms with Crippen molar-refractivity contribution < 1.29 is 10.3 Å². The van der Waals surface area contributed by atoms with Crippen LogP contribution >= 0.6 is 11.6 Å². The molecule has 1 N–H and O–H groups in total. The van der Waals surface area contributed by atoms with Gasteiger partial charge in [-0.3, -0.25) is 0 Å². The summed E-state index contributed by atoms with van der Waals surface area (Å²) >= 11 is 6.13. The van der Waals surface area contributed by atoms with Crippen LogP contribution in [-0.4, -0.2) is 34.8 Å². The molecule has 2 heterocycles. The fourth-order valence-corrected chi connectivity index (χ4v) is 4.01. The molecule has 0 aliphatic rings. The van der Waals surface area contributed by atoms with Gasteiger partial charge in [-0.05, 0) is 47.9 Å². The molecule has 0 aliphatic heterocycles. The number of halogens is 1. The topological polar surface area (TPSA) is 112 Å². The molecule has 0 fully saturated rings. The average Bonchev–Trinajstić information content (AvgIpc) is 3.50. The molecule has 172 valence electrons. The van der Waals surface area contributed by atoms with Crippen molar-refractivity contribution in [3.05, 3.63) is 123 Å². The Morgan fingerprint density at radius 3 is 2.32 bits per heavy atom. The third-order valence-electron chi connectivity index (χ3n) is 5.47. The van der Waals surface area contributed by atoms with Crippen molar-refractivity contribution in [2.75, 3.05) is 0 Å². The van der Waals surface area contributed by atoms with Gasteiger partial charge < -0.3 is 9.77 Å². The van der Waals surface area contributed by atoms with Gasteiger partial charge in [-0.15, -0.1) is 15.2 Å². The molecule has 0 saturated heterocycles. The number of nitrogens with zero attached hydrogens (tertiary/aromatic N) is 6. The highest BCUT2D eigenvalue weighted by Gasteiger charge is 2.19. The molecule has 2 aromatic heterocycles. The summed E-state index contributed by atoms with van der Waals surface area (Å²) in [5, 5.41) is 23.2. The largest absolute Gasteiger partial charge is 0.328 e. The van der Waals surface area contributed by atoms with Gasteiger partial charge in [0.2, 0.25) is 0 Å². The number of benzene rings is 3. The second-order valence-corrected chi connectivity index (χ2v) is 8.01. The van der Waals surface area contributed by atoms with Gasteiger partial charge in [0.1, 0.15) is 5.52 Å². The lowest BCUT2D eigenvalue weighted by Crippen LogP contribution is -2.12. The molecule has 5 rings (SSSR count). The van der Waals surface area contributed by atoms with Gasteiger partial charge in [-0.1, -0.05) is 65.3 Å². The lowest BCUT2D eigenvalue weighted by molar-refractivity contribution is -0.742. The maximum absolute atomic E-state index is 8.36. The van der Waals surface area contributed by atoms with Gasteiger partial charge in [0.05, 0.1) is 23.9 Å². The molecule has 0 aliphatic carbocycles. The molecule has 2 unspecified atom stereocenters. The predicted octanol–water partition coefficient (Wildman–Crippen LogP) is 5.18. The summed E-state index contributed by atoms with van der Waals surface area (Å²) in [4.78, 5) is 12.6. The first kappa shape index (κ1) is 22.9. The van der Waals surface area contributed by atoms with Crippen molar-refractivity contribution in [1.82, 2.24) is 24.5 Å². The fourth-order valence-electron chi connectivity index (χ4n) is 3.89. The van der Waals surface area contributed by atoms with E-state index in [-0.39, 0.29) is 12.1 Å². The molecular formula is C24H21ClN6O3. The van der Waals surface area contributed by atoms with Crippen LogP contribution in [0.4, 0.5) is 0 Å². The maximum atomic E-state index is 8.36. The van der Waals surface area contributed by atoms with E-state index in [0.29, 0.717) is 0 Å². The van der Waals surface area contributed by atoms with E-state index in [4.69, 9.17) is 26.9 Å². The highest BCUT2D eigenvalue weighted by atomic mass is 35.5. The van der Waals surface area contributed by atoms with Crippen molar-refractivity contribution in [3.63, 3.8) is 0 Å². The van der Waals surface area contributed by atoms with Crippen molar-refractivity contribution >= 4 is 22.6 Å². The van der Waals surface area contributed by atoms with E-state index >= 15 is 0 Å². The average molecular weight is 477 g/mol. The summed E-state index contributed by atoms with van der Waals surface area (Å²) in [5.41, 5.74) is 5.34. The molecule has 9 nitrogen and oxygen atoms in total. The summed E-state index contributed by atoms with van der Waals surface area (Å²) in [5.74, 6) is 0. The van der Waals surface area contributed by atoms with Gasteiger partial charge >= 0.3 is 0 Å². The van der Waals surface area contributed by atoms with Crippen LogP contribution in [0.3, 0.4) is 0 Å². The summed E-state index contributed by atoms with van der Waals surface area (Å²) in [6.45, 7) is 2.14. The first-order chi connectivity index (χ1) is 16.4. The molecule has 0 amide bonds. The Morgan fingerprint density at radius 1 is 1.00 bits per heavy atom. The third-order valence-corrected chi connectivity index (χ3v) is 5.72. The summed E-state index contributed by atoms with van der Waals surface area (Å²) in [6, 6.07) is 24.7. The molecule has 0 saturated carbocycles.